The Bertz CT molecular complexity index is 690. The maximum atomic E-state index is 13.1. The maximum Gasteiger partial charge on any atom is 0.220 e. The molecule has 1 amide bonds. The first-order valence-electron chi connectivity index (χ1n) is 7.42. The molecule has 0 saturated carbocycles. The summed E-state index contributed by atoms with van der Waals surface area (Å²) >= 11 is 12.0. The van der Waals surface area contributed by atoms with Gasteiger partial charge < -0.3 is 5.32 Å². The van der Waals surface area contributed by atoms with Crippen molar-refractivity contribution in [3.8, 4) is 0 Å². The lowest BCUT2D eigenvalue weighted by Crippen LogP contribution is -2.34. The molecule has 2 nitrogen and oxygen atoms in total. The van der Waals surface area contributed by atoms with Crippen LogP contribution in [0.2, 0.25) is 10.0 Å². The van der Waals surface area contributed by atoms with Gasteiger partial charge in [0.05, 0.1) is 0 Å². The summed E-state index contributed by atoms with van der Waals surface area (Å²) in [4.78, 5) is 12.0. The minimum Gasteiger partial charge on any atom is -0.353 e. The van der Waals surface area contributed by atoms with E-state index in [4.69, 9.17) is 23.2 Å². The topological polar surface area (TPSA) is 29.1 Å². The highest BCUT2D eigenvalue weighted by Gasteiger charge is 2.11. The molecule has 0 radical (unpaired) electrons. The first kappa shape index (κ1) is 17.8. The van der Waals surface area contributed by atoms with Crippen LogP contribution in [-0.2, 0) is 17.6 Å². The fraction of sp³-hybridized carbons (Fsp3) is 0.278. The Morgan fingerprint density at radius 1 is 1.22 bits per heavy atom. The molecule has 0 fully saturated rings. The van der Waals surface area contributed by atoms with Gasteiger partial charge in [-0.05, 0) is 55.2 Å². The molecule has 0 spiro atoms. The van der Waals surface area contributed by atoms with E-state index >= 15 is 0 Å². The molecule has 0 heterocycles. The fourth-order valence-electron chi connectivity index (χ4n) is 2.37. The molecular weight excluding hydrogens is 336 g/mol. The Labute approximate surface area is 145 Å². The van der Waals surface area contributed by atoms with Crippen LogP contribution in [0.25, 0.3) is 0 Å². The minimum absolute atomic E-state index is 0.0475. The van der Waals surface area contributed by atoms with Gasteiger partial charge in [-0.1, -0.05) is 41.4 Å². The number of benzene rings is 2. The van der Waals surface area contributed by atoms with Gasteiger partial charge in [-0.25, -0.2) is 4.39 Å². The highest BCUT2D eigenvalue weighted by Crippen LogP contribution is 2.22. The van der Waals surface area contributed by atoms with Crippen LogP contribution in [0.15, 0.2) is 42.5 Å². The fourth-order valence-corrected chi connectivity index (χ4v) is 2.85. The van der Waals surface area contributed by atoms with E-state index in [0.717, 1.165) is 11.1 Å². The summed E-state index contributed by atoms with van der Waals surface area (Å²) in [6, 6.07) is 11.6. The Morgan fingerprint density at radius 2 is 2.00 bits per heavy atom. The zero-order chi connectivity index (χ0) is 16.8. The van der Waals surface area contributed by atoms with Crippen molar-refractivity contribution in [1.29, 1.82) is 0 Å². The molecule has 2 rings (SSSR count). The highest BCUT2D eigenvalue weighted by atomic mass is 35.5. The lowest BCUT2D eigenvalue weighted by Gasteiger charge is -2.15. The van der Waals surface area contributed by atoms with E-state index in [0.29, 0.717) is 29.3 Å². The summed E-state index contributed by atoms with van der Waals surface area (Å²) in [7, 11) is 0. The van der Waals surface area contributed by atoms with E-state index in [1.165, 1.54) is 12.1 Å². The SMILES string of the molecule is CC(Cc1ccc(Cl)cc1Cl)NC(=O)CCc1cccc(F)c1. The van der Waals surface area contributed by atoms with E-state index in [9.17, 15) is 9.18 Å². The third-order valence-electron chi connectivity index (χ3n) is 3.48. The van der Waals surface area contributed by atoms with Gasteiger partial charge in [-0.3, -0.25) is 4.79 Å². The normalized spacial score (nSPS) is 12.0. The molecule has 23 heavy (non-hydrogen) atoms. The van der Waals surface area contributed by atoms with E-state index in [-0.39, 0.29) is 17.8 Å². The number of halogens is 3. The van der Waals surface area contributed by atoms with Crippen LogP contribution >= 0.6 is 23.2 Å². The van der Waals surface area contributed by atoms with Gasteiger partial charge in [-0.15, -0.1) is 0 Å². The van der Waals surface area contributed by atoms with Crippen molar-refractivity contribution in [2.75, 3.05) is 0 Å². The van der Waals surface area contributed by atoms with E-state index in [1.54, 1.807) is 18.2 Å². The van der Waals surface area contributed by atoms with Gasteiger partial charge in [0.25, 0.3) is 0 Å². The third kappa shape index (κ3) is 5.85. The lowest BCUT2D eigenvalue weighted by atomic mass is 10.1. The van der Waals surface area contributed by atoms with Crippen molar-refractivity contribution in [3.63, 3.8) is 0 Å². The predicted octanol–water partition coefficient (Wildman–Crippen LogP) is 4.81. The number of nitrogens with one attached hydrogen (secondary N) is 1. The zero-order valence-electron chi connectivity index (χ0n) is 12.8. The first-order valence-corrected chi connectivity index (χ1v) is 8.17. The number of hydrogen-bond donors (Lipinski definition) is 1. The van der Waals surface area contributed by atoms with Crippen molar-refractivity contribution in [1.82, 2.24) is 5.32 Å². The molecule has 0 bridgehead atoms. The largest absolute Gasteiger partial charge is 0.353 e. The van der Waals surface area contributed by atoms with Crippen LogP contribution in [0.5, 0.6) is 0 Å². The summed E-state index contributed by atoms with van der Waals surface area (Å²) in [5.74, 6) is -0.347. The molecule has 0 aliphatic carbocycles. The molecule has 2 aromatic carbocycles. The van der Waals surface area contributed by atoms with E-state index in [2.05, 4.69) is 5.32 Å². The number of aryl methyl sites for hydroxylation is 1. The highest BCUT2D eigenvalue weighted by molar-refractivity contribution is 6.35. The molecule has 0 saturated heterocycles. The number of hydrogen-bond acceptors (Lipinski definition) is 1. The van der Waals surface area contributed by atoms with Crippen molar-refractivity contribution in [2.24, 2.45) is 0 Å². The van der Waals surface area contributed by atoms with Gasteiger partial charge in [0.15, 0.2) is 0 Å². The van der Waals surface area contributed by atoms with Crippen molar-refractivity contribution >= 4 is 29.1 Å². The van der Waals surface area contributed by atoms with Crippen molar-refractivity contribution < 1.29 is 9.18 Å². The van der Waals surface area contributed by atoms with Crippen molar-refractivity contribution in [3.05, 3.63) is 69.5 Å². The Kier molecular flexibility index (Phi) is 6.43. The van der Waals surface area contributed by atoms with Crippen LogP contribution in [0, 0.1) is 5.82 Å². The summed E-state index contributed by atoms with van der Waals surface area (Å²) in [5, 5.41) is 4.11. The molecule has 122 valence electrons. The molecule has 0 aliphatic heterocycles. The quantitative estimate of drug-likeness (QED) is 0.792. The Hall–Kier alpha value is -1.58. The summed E-state index contributed by atoms with van der Waals surface area (Å²) in [6.45, 7) is 1.92. The zero-order valence-corrected chi connectivity index (χ0v) is 14.3. The summed E-state index contributed by atoms with van der Waals surface area (Å²) in [6.07, 6.45) is 1.46. The molecule has 1 unspecified atom stereocenters. The monoisotopic (exact) mass is 353 g/mol. The number of rotatable bonds is 6. The van der Waals surface area contributed by atoms with Gasteiger partial charge in [0.2, 0.25) is 5.91 Å². The second-order valence-corrected chi connectivity index (χ2v) is 6.38. The van der Waals surface area contributed by atoms with Crippen LogP contribution in [0.1, 0.15) is 24.5 Å². The Morgan fingerprint density at radius 3 is 2.70 bits per heavy atom. The number of amides is 1. The second kappa shape index (κ2) is 8.32. The van der Waals surface area contributed by atoms with Crippen LogP contribution in [0.4, 0.5) is 4.39 Å². The third-order valence-corrected chi connectivity index (χ3v) is 4.07. The number of carbonyl (C=O) groups excluding carboxylic acids is 1. The molecule has 5 heteroatoms. The van der Waals surface area contributed by atoms with E-state index in [1.807, 2.05) is 19.1 Å². The van der Waals surface area contributed by atoms with Crippen LogP contribution in [-0.4, -0.2) is 11.9 Å². The molecule has 1 N–H and O–H groups in total. The molecule has 0 aliphatic rings. The standard InChI is InChI=1S/C18H18Cl2FNO/c1-12(9-14-6-7-15(19)11-17(14)20)22-18(23)8-5-13-3-2-4-16(21)10-13/h2-4,6-7,10-12H,5,8-9H2,1H3,(H,22,23). The predicted molar refractivity (Wildman–Crippen MR) is 92.5 cm³/mol. The number of carbonyl (C=O) groups is 1. The second-order valence-electron chi connectivity index (χ2n) is 5.54. The lowest BCUT2D eigenvalue weighted by molar-refractivity contribution is -0.121. The average Bonchev–Trinajstić information content (AvgIpc) is 2.48. The first-order chi connectivity index (χ1) is 10.9. The maximum absolute atomic E-state index is 13.1. The average molecular weight is 354 g/mol. The summed E-state index contributed by atoms with van der Waals surface area (Å²) in [5.41, 5.74) is 1.75. The van der Waals surface area contributed by atoms with Crippen LogP contribution in [0.3, 0.4) is 0 Å². The van der Waals surface area contributed by atoms with Gasteiger partial charge >= 0.3 is 0 Å². The Balaban J connectivity index is 1.82. The molecule has 1 atom stereocenters. The van der Waals surface area contributed by atoms with E-state index < -0.39 is 0 Å². The van der Waals surface area contributed by atoms with Gasteiger partial charge in [-0.2, -0.15) is 0 Å². The molecular formula is C18H18Cl2FNO. The summed E-state index contributed by atoms with van der Waals surface area (Å²) < 4.78 is 13.1. The molecule has 2 aromatic rings. The minimum atomic E-state index is -0.284. The van der Waals surface area contributed by atoms with Gasteiger partial charge in [0, 0.05) is 22.5 Å². The van der Waals surface area contributed by atoms with Gasteiger partial charge in [0.1, 0.15) is 5.82 Å². The smallest absolute Gasteiger partial charge is 0.220 e. The van der Waals surface area contributed by atoms with Crippen LogP contribution < -0.4 is 5.32 Å². The molecule has 0 aromatic heterocycles. The van der Waals surface area contributed by atoms with Crippen molar-refractivity contribution in [2.45, 2.75) is 32.2 Å².